The fourth-order valence-corrected chi connectivity index (χ4v) is 4.86. The predicted molar refractivity (Wildman–Crippen MR) is 79.2 cm³/mol. The van der Waals surface area contributed by atoms with Crippen molar-refractivity contribution >= 4 is 10.8 Å². The number of hydrogen-bond donors (Lipinski definition) is 1. The third-order valence-corrected chi connectivity index (χ3v) is 7.10. The summed E-state index contributed by atoms with van der Waals surface area (Å²) >= 11 is 0. The maximum absolute atomic E-state index is 11.4. The van der Waals surface area contributed by atoms with Crippen LogP contribution in [0.2, 0.25) is 0 Å². The van der Waals surface area contributed by atoms with E-state index < -0.39 is 10.8 Å². The van der Waals surface area contributed by atoms with Crippen LogP contribution in [0.4, 0.5) is 0 Å². The molecule has 2 bridgehead atoms. The quantitative estimate of drug-likeness (QED) is 0.833. The molecule has 2 aliphatic carbocycles. The fourth-order valence-electron chi connectivity index (χ4n) is 4.41. The zero-order valence-corrected chi connectivity index (χ0v) is 13.4. The van der Waals surface area contributed by atoms with Gasteiger partial charge in [-0.15, -0.1) is 0 Å². The monoisotopic (exact) mass is 271 g/mol. The van der Waals surface area contributed by atoms with Crippen LogP contribution in [0.1, 0.15) is 53.4 Å². The maximum atomic E-state index is 11.4. The molecule has 0 aromatic rings. The molecule has 0 heterocycles. The molecule has 0 aromatic carbocycles. The van der Waals surface area contributed by atoms with Gasteiger partial charge in [0.1, 0.15) is 0 Å². The van der Waals surface area contributed by atoms with Crippen molar-refractivity contribution in [2.75, 3.05) is 12.8 Å². The van der Waals surface area contributed by atoms with E-state index in [0.29, 0.717) is 22.1 Å². The van der Waals surface area contributed by atoms with Gasteiger partial charge in [0.25, 0.3) is 0 Å². The number of nitrogens with one attached hydrogen (secondary N) is 1. The predicted octanol–water partition coefficient (Wildman–Crippen LogP) is 2.95. The second-order valence-corrected chi connectivity index (χ2v) is 9.20. The van der Waals surface area contributed by atoms with Crippen LogP contribution >= 0.6 is 0 Å². The summed E-state index contributed by atoms with van der Waals surface area (Å²) in [5.41, 5.74) is 0.935. The summed E-state index contributed by atoms with van der Waals surface area (Å²) in [5, 5.41) is 4.11. The molecule has 0 aromatic heterocycles. The average molecular weight is 271 g/mol. The van der Waals surface area contributed by atoms with E-state index in [0.717, 1.165) is 18.9 Å². The first kappa shape index (κ1) is 14.5. The Balaban J connectivity index is 1.91. The highest BCUT2D eigenvalue weighted by atomic mass is 32.2. The van der Waals surface area contributed by atoms with E-state index in [9.17, 15) is 4.21 Å². The van der Waals surface area contributed by atoms with E-state index in [4.69, 9.17) is 0 Å². The Hall–Kier alpha value is 0.110. The molecule has 1 N–H and O–H groups in total. The minimum Gasteiger partial charge on any atom is -0.313 e. The zero-order valence-electron chi connectivity index (χ0n) is 12.6. The van der Waals surface area contributed by atoms with Crippen molar-refractivity contribution in [1.82, 2.24) is 5.32 Å². The zero-order chi connectivity index (χ0) is 13.6. The smallest absolute Gasteiger partial charge is 0.0329 e. The maximum Gasteiger partial charge on any atom is 0.0329 e. The van der Waals surface area contributed by atoms with Gasteiger partial charge < -0.3 is 5.32 Å². The van der Waals surface area contributed by atoms with Gasteiger partial charge in [0.2, 0.25) is 0 Å². The fraction of sp³-hybridized carbons (Fsp3) is 1.00. The van der Waals surface area contributed by atoms with Crippen LogP contribution in [0.25, 0.3) is 0 Å². The molecule has 2 nitrogen and oxygen atoms in total. The van der Waals surface area contributed by atoms with Crippen molar-refractivity contribution < 1.29 is 4.21 Å². The topological polar surface area (TPSA) is 29.1 Å². The Morgan fingerprint density at radius 3 is 2.56 bits per heavy atom. The van der Waals surface area contributed by atoms with Gasteiger partial charge in [-0.25, -0.2) is 0 Å². The van der Waals surface area contributed by atoms with Crippen LogP contribution in [0.15, 0.2) is 0 Å². The molecule has 2 rings (SSSR count). The Labute approximate surface area is 115 Å². The van der Waals surface area contributed by atoms with E-state index in [-0.39, 0.29) is 0 Å². The summed E-state index contributed by atoms with van der Waals surface area (Å²) in [6.07, 6.45) is 7.03. The minimum absolute atomic E-state index is 0.312. The van der Waals surface area contributed by atoms with Crippen molar-refractivity contribution in [2.45, 2.75) is 64.7 Å². The Bertz CT molecular complexity index is 337. The highest BCUT2D eigenvalue weighted by Gasteiger charge is 2.58. The Morgan fingerprint density at radius 2 is 2.06 bits per heavy atom. The van der Waals surface area contributed by atoms with Gasteiger partial charge in [0, 0.05) is 28.3 Å². The molecule has 2 fully saturated rings. The Kier molecular flexibility index (Phi) is 3.95. The summed E-state index contributed by atoms with van der Waals surface area (Å²) in [6.45, 7) is 10.4. The van der Waals surface area contributed by atoms with Gasteiger partial charge in [-0.05, 0) is 49.0 Å². The summed E-state index contributed by atoms with van der Waals surface area (Å²) in [6, 6.07) is 0.640. The second-order valence-electron chi connectivity index (χ2n) is 7.40. The van der Waals surface area contributed by atoms with Gasteiger partial charge >= 0.3 is 0 Å². The minimum atomic E-state index is -0.685. The van der Waals surface area contributed by atoms with Crippen LogP contribution in [0.5, 0.6) is 0 Å². The van der Waals surface area contributed by atoms with E-state index in [1.54, 1.807) is 0 Å². The third-order valence-electron chi connectivity index (χ3n) is 5.74. The van der Waals surface area contributed by atoms with Gasteiger partial charge in [-0.1, -0.05) is 27.7 Å². The average Bonchev–Trinajstić information content (AvgIpc) is 2.73. The lowest BCUT2D eigenvalue weighted by molar-refractivity contribution is 0.109. The van der Waals surface area contributed by atoms with Gasteiger partial charge in [-0.3, -0.25) is 4.21 Å². The molecule has 106 valence electrons. The number of rotatable bonds is 5. The summed E-state index contributed by atoms with van der Waals surface area (Å²) < 4.78 is 11.4. The standard InChI is InChI=1S/C15H29NOS/c1-11(18(5)17)7-9-16-13-14(2,3)12-6-8-15(13,4)10-12/h11-13,16H,6-10H2,1-5H3/t11?,12-,13?,15+,18?/m0/s1. The second kappa shape index (κ2) is 4.90. The van der Waals surface area contributed by atoms with E-state index >= 15 is 0 Å². The normalized spacial score (nSPS) is 40.9. The van der Waals surface area contributed by atoms with Crippen LogP contribution in [0, 0.1) is 16.7 Å². The van der Waals surface area contributed by atoms with Crippen molar-refractivity contribution in [2.24, 2.45) is 16.7 Å². The molecule has 0 aliphatic heterocycles. The van der Waals surface area contributed by atoms with Crippen molar-refractivity contribution in [3.63, 3.8) is 0 Å². The Morgan fingerprint density at radius 1 is 1.39 bits per heavy atom. The molecule has 18 heavy (non-hydrogen) atoms. The highest BCUT2D eigenvalue weighted by molar-refractivity contribution is 7.84. The molecule has 0 saturated heterocycles. The molecule has 3 unspecified atom stereocenters. The van der Waals surface area contributed by atoms with Crippen molar-refractivity contribution in [3.8, 4) is 0 Å². The first-order valence-electron chi connectivity index (χ1n) is 7.33. The lowest BCUT2D eigenvalue weighted by atomic mass is 9.68. The number of hydrogen-bond acceptors (Lipinski definition) is 2. The van der Waals surface area contributed by atoms with Crippen LogP contribution < -0.4 is 5.32 Å². The molecule has 0 spiro atoms. The molecule has 5 atom stereocenters. The molecule has 3 heteroatoms. The molecule has 0 amide bonds. The highest BCUT2D eigenvalue weighted by Crippen LogP contribution is 2.62. The van der Waals surface area contributed by atoms with Gasteiger partial charge in [0.05, 0.1) is 0 Å². The first-order chi connectivity index (χ1) is 8.27. The number of fused-ring (bicyclic) bond motifs is 2. The summed E-state index contributed by atoms with van der Waals surface area (Å²) in [7, 11) is -0.685. The van der Waals surface area contributed by atoms with Crippen molar-refractivity contribution in [1.29, 1.82) is 0 Å². The molecule has 2 aliphatic rings. The van der Waals surface area contributed by atoms with E-state index in [2.05, 4.69) is 33.0 Å². The molecule has 0 radical (unpaired) electrons. The SMILES string of the molecule is CC(CCNC1C(C)(C)[C@H]2CC[C@]1(C)C2)S(C)=O. The van der Waals surface area contributed by atoms with Crippen LogP contribution in [-0.2, 0) is 10.8 Å². The first-order valence-corrected chi connectivity index (χ1v) is 8.95. The summed E-state index contributed by atoms with van der Waals surface area (Å²) in [4.78, 5) is 0. The molecular weight excluding hydrogens is 242 g/mol. The van der Waals surface area contributed by atoms with Gasteiger partial charge in [0.15, 0.2) is 0 Å². The van der Waals surface area contributed by atoms with Crippen LogP contribution in [0.3, 0.4) is 0 Å². The summed E-state index contributed by atoms with van der Waals surface area (Å²) in [5.74, 6) is 0.901. The van der Waals surface area contributed by atoms with E-state index in [1.807, 2.05) is 6.26 Å². The lowest BCUT2D eigenvalue weighted by Crippen LogP contribution is -2.50. The lowest BCUT2D eigenvalue weighted by Gasteiger charge is -2.43. The molecular formula is C15H29NOS. The van der Waals surface area contributed by atoms with Gasteiger partial charge in [-0.2, -0.15) is 0 Å². The van der Waals surface area contributed by atoms with E-state index in [1.165, 1.54) is 19.3 Å². The third kappa shape index (κ3) is 2.40. The molecule has 2 saturated carbocycles. The van der Waals surface area contributed by atoms with Crippen LogP contribution in [-0.4, -0.2) is 28.3 Å². The largest absolute Gasteiger partial charge is 0.313 e. The van der Waals surface area contributed by atoms with Crippen molar-refractivity contribution in [3.05, 3.63) is 0 Å².